The van der Waals surface area contributed by atoms with Gasteiger partial charge < -0.3 is 16.9 Å². The molecule has 0 heterocycles. The Hall–Kier alpha value is 0.250. The molecule has 0 aromatic rings. The van der Waals surface area contributed by atoms with Crippen LogP contribution in [-0.4, -0.2) is 30.7 Å². The molecule has 4 rings (SSSR count). The fourth-order valence-electron chi connectivity index (χ4n) is 16.8. The van der Waals surface area contributed by atoms with Crippen LogP contribution in [0, 0.1) is 52.3 Å². The van der Waals surface area contributed by atoms with Crippen molar-refractivity contribution in [1.29, 1.82) is 0 Å². The van der Waals surface area contributed by atoms with E-state index in [1.165, 1.54) is 255 Å². The van der Waals surface area contributed by atoms with Crippen LogP contribution in [0.25, 0.3) is 0 Å². The summed E-state index contributed by atoms with van der Waals surface area (Å²) in [5.41, 5.74) is 1.17. The number of unbranched alkanes of at least 4 members (excludes halogenated alkanes) is 30. The minimum Gasteiger partial charge on any atom is -1.00 e. The number of halogens is 1. The summed E-state index contributed by atoms with van der Waals surface area (Å²) in [4.78, 5) is 0. The van der Waals surface area contributed by atoms with Crippen LogP contribution in [0.15, 0.2) is 0 Å². The minimum absolute atomic E-state index is 0. The summed E-state index contributed by atoms with van der Waals surface area (Å²) >= 11 is 0. The molecule has 66 heavy (non-hydrogen) atoms. The summed E-state index contributed by atoms with van der Waals surface area (Å²) in [5, 5.41) is 0. The fraction of sp³-hybridized carbons (Fsp3) is 1.00. The van der Waals surface area contributed by atoms with Crippen LogP contribution in [0.5, 0.6) is 0 Å². The van der Waals surface area contributed by atoms with Crippen molar-refractivity contribution < 1.29 is 16.9 Å². The van der Waals surface area contributed by atoms with Crippen LogP contribution in [0.2, 0.25) is 0 Å². The standard InChI is InChI=1S/C64H124N.ClH/c1-9-11-13-15-17-19-21-23-25-27-29-31-33-35-37-39-53-65(8,54-40-38-36-34-32-30-28-26-24-22-20-18-16-14-12-10-2)62-46-42-45-57-47-48-58-60-50-49-59(56(5)44-41-43-55(3)4)63(60,6)52-51-61(58)64(57,62)7;/h55-62H,9-54H2,1-8H3;1H/q+1;/p-1/t56-,57?,58+,59-,60+,61+,62?,63-,64+;/m1./s1. The lowest BCUT2D eigenvalue weighted by Crippen LogP contribution is -3.00. The van der Waals surface area contributed by atoms with Crippen LogP contribution in [0.3, 0.4) is 0 Å². The summed E-state index contributed by atoms with van der Waals surface area (Å²) in [6, 6.07) is 0.901. The molecule has 2 unspecified atom stereocenters. The van der Waals surface area contributed by atoms with E-state index in [4.69, 9.17) is 0 Å². The summed E-state index contributed by atoms with van der Waals surface area (Å²) < 4.78 is 1.44. The van der Waals surface area contributed by atoms with Gasteiger partial charge in [0.1, 0.15) is 0 Å². The molecule has 0 N–H and O–H groups in total. The predicted molar refractivity (Wildman–Crippen MR) is 292 cm³/mol. The van der Waals surface area contributed by atoms with Gasteiger partial charge in [-0.2, -0.15) is 0 Å². The van der Waals surface area contributed by atoms with Crippen LogP contribution in [-0.2, 0) is 0 Å². The first-order chi connectivity index (χ1) is 31.6. The van der Waals surface area contributed by atoms with Gasteiger partial charge in [-0.15, -0.1) is 0 Å². The molecule has 0 aromatic heterocycles. The third-order valence-electron chi connectivity index (χ3n) is 20.7. The number of hydrogen-bond donors (Lipinski definition) is 0. The van der Waals surface area contributed by atoms with Crippen LogP contribution < -0.4 is 12.4 Å². The van der Waals surface area contributed by atoms with Crippen molar-refractivity contribution in [2.24, 2.45) is 52.3 Å². The molecule has 9 atom stereocenters. The van der Waals surface area contributed by atoms with E-state index in [-0.39, 0.29) is 12.4 Å². The Balaban J connectivity index is 0.0000116. The lowest BCUT2D eigenvalue weighted by Gasteiger charge is -2.65. The van der Waals surface area contributed by atoms with Crippen molar-refractivity contribution in [2.45, 2.75) is 337 Å². The Morgan fingerprint density at radius 1 is 0.439 bits per heavy atom. The molecule has 1 nitrogen and oxygen atoms in total. The van der Waals surface area contributed by atoms with Crippen LogP contribution >= 0.6 is 0 Å². The minimum atomic E-state index is 0. The van der Waals surface area contributed by atoms with Gasteiger partial charge in [0.05, 0.1) is 26.2 Å². The molecule has 4 aliphatic carbocycles. The largest absolute Gasteiger partial charge is 1.00 e. The Kier molecular flexibility index (Phi) is 31.7. The second kappa shape index (κ2) is 34.6. The molecule has 4 aliphatic rings. The summed E-state index contributed by atoms with van der Waals surface area (Å²) in [6.45, 7) is 20.9. The Labute approximate surface area is 424 Å². The highest BCUT2D eigenvalue weighted by Gasteiger charge is 2.64. The SMILES string of the molecule is CCCCCCCCCCCCCCCCCC[N+](C)(CCCCCCCCCCCCCCCCCC)C1CCCC2CC[C@@H]3[C@H](CC[C@]4(C)[C@@H]([C@H](C)CCCC(C)C)CC[C@@H]34)[C@]21C.[Cl-]. The summed E-state index contributed by atoms with van der Waals surface area (Å²) in [7, 11) is 2.84. The lowest BCUT2D eigenvalue weighted by molar-refractivity contribution is -0.944. The van der Waals surface area contributed by atoms with E-state index in [1.807, 2.05) is 0 Å². The Morgan fingerprint density at radius 2 is 0.864 bits per heavy atom. The highest BCUT2D eigenvalue weighted by Crippen LogP contribution is 2.69. The van der Waals surface area contributed by atoms with Gasteiger partial charge in [-0.1, -0.05) is 248 Å². The molecule has 2 heteroatoms. The van der Waals surface area contributed by atoms with Crippen LogP contribution in [0.1, 0.15) is 331 Å². The van der Waals surface area contributed by atoms with Crippen molar-refractivity contribution in [2.75, 3.05) is 20.1 Å². The molecule has 0 amide bonds. The first-order valence-electron chi connectivity index (χ1n) is 31.5. The van der Waals surface area contributed by atoms with Gasteiger partial charge in [0.15, 0.2) is 0 Å². The van der Waals surface area contributed by atoms with Gasteiger partial charge in [-0.3, -0.25) is 0 Å². The van der Waals surface area contributed by atoms with Gasteiger partial charge in [-0.25, -0.2) is 0 Å². The first kappa shape index (κ1) is 60.6. The normalized spacial score (nSPS) is 28.0. The van der Waals surface area contributed by atoms with Crippen molar-refractivity contribution in [3.05, 3.63) is 0 Å². The van der Waals surface area contributed by atoms with Crippen molar-refractivity contribution in [3.63, 3.8) is 0 Å². The molecule has 0 spiro atoms. The zero-order chi connectivity index (χ0) is 46.6. The van der Waals surface area contributed by atoms with E-state index in [0.29, 0.717) is 10.8 Å². The average molecular weight is 943 g/mol. The van der Waals surface area contributed by atoms with Gasteiger partial charge in [0, 0.05) is 11.8 Å². The van der Waals surface area contributed by atoms with Gasteiger partial charge in [0.2, 0.25) is 0 Å². The average Bonchev–Trinajstić information content (AvgIpc) is 3.65. The number of nitrogens with zero attached hydrogens (tertiary/aromatic N) is 1. The molecule has 0 bridgehead atoms. The maximum Gasteiger partial charge on any atom is 0.0947 e. The third kappa shape index (κ3) is 19.7. The monoisotopic (exact) mass is 942 g/mol. The summed E-state index contributed by atoms with van der Waals surface area (Å²) in [5.74, 6) is 6.79. The molecular formula is C64H124ClN. The molecular weight excluding hydrogens is 818 g/mol. The second-order valence-electron chi connectivity index (χ2n) is 26.0. The number of quaternary nitrogens is 1. The molecule has 4 fully saturated rings. The topological polar surface area (TPSA) is 0 Å². The molecule has 0 aliphatic heterocycles. The smallest absolute Gasteiger partial charge is 0.0947 e. The Bertz CT molecular complexity index is 1110. The van der Waals surface area contributed by atoms with Gasteiger partial charge in [0.25, 0.3) is 0 Å². The number of rotatable bonds is 40. The predicted octanol–water partition coefficient (Wildman–Crippen LogP) is 18.4. The van der Waals surface area contributed by atoms with Crippen molar-refractivity contribution >= 4 is 0 Å². The van der Waals surface area contributed by atoms with Crippen molar-refractivity contribution in [3.8, 4) is 0 Å². The first-order valence-corrected chi connectivity index (χ1v) is 31.5. The van der Waals surface area contributed by atoms with E-state index in [2.05, 4.69) is 55.5 Å². The molecule has 4 saturated carbocycles. The third-order valence-corrected chi connectivity index (χ3v) is 20.7. The molecule has 392 valence electrons. The van der Waals surface area contributed by atoms with E-state index in [1.54, 1.807) is 44.9 Å². The van der Waals surface area contributed by atoms with E-state index in [0.717, 1.165) is 47.5 Å². The Morgan fingerprint density at radius 3 is 1.29 bits per heavy atom. The van der Waals surface area contributed by atoms with Gasteiger partial charge in [-0.05, 0) is 124 Å². The maximum absolute atomic E-state index is 2.96. The highest BCUT2D eigenvalue weighted by atomic mass is 35.5. The molecule has 0 saturated heterocycles. The molecule has 0 radical (unpaired) electrons. The van der Waals surface area contributed by atoms with Crippen LogP contribution in [0.4, 0.5) is 0 Å². The van der Waals surface area contributed by atoms with E-state index in [9.17, 15) is 0 Å². The van der Waals surface area contributed by atoms with E-state index >= 15 is 0 Å². The number of fused-ring (bicyclic) bond motifs is 5. The second-order valence-corrected chi connectivity index (χ2v) is 26.0. The molecule has 0 aromatic carbocycles. The zero-order valence-corrected chi connectivity index (χ0v) is 47.7. The quantitative estimate of drug-likeness (QED) is 0.0424. The fourth-order valence-corrected chi connectivity index (χ4v) is 16.8. The lowest BCUT2D eigenvalue weighted by atomic mass is 9.43. The van der Waals surface area contributed by atoms with E-state index < -0.39 is 0 Å². The maximum atomic E-state index is 2.96. The highest BCUT2D eigenvalue weighted by molar-refractivity contribution is 5.11. The van der Waals surface area contributed by atoms with Gasteiger partial charge >= 0.3 is 0 Å². The van der Waals surface area contributed by atoms with Crippen molar-refractivity contribution in [1.82, 2.24) is 0 Å². The zero-order valence-electron chi connectivity index (χ0n) is 47.0. The summed E-state index contributed by atoms with van der Waals surface area (Å²) in [6.07, 6.45) is 65.6. The number of hydrogen-bond acceptors (Lipinski definition) is 0.